The zero-order chi connectivity index (χ0) is 11.4. The average Bonchev–Trinajstić information content (AvgIpc) is 2.30. The van der Waals surface area contributed by atoms with Gasteiger partial charge in [0.25, 0.3) is 0 Å². The monoisotopic (exact) mass is 234 g/mol. The first kappa shape index (κ1) is 10.8. The Bertz CT molecular complexity index is 441. The highest BCUT2D eigenvalue weighted by Crippen LogP contribution is 2.17. The topological polar surface area (TPSA) is 50.7 Å². The van der Waals surface area contributed by atoms with Gasteiger partial charge in [-0.25, -0.2) is 9.97 Å². The predicted molar refractivity (Wildman–Crippen MR) is 63.3 cm³/mol. The van der Waals surface area contributed by atoms with Gasteiger partial charge in [-0.3, -0.25) is 4.98 Å². The first-order valence-electron chi connectivity index (χ1n) is 4.86. The maximum atomic E-state index is 5.93. The summed E-state index contributed by atoms with van der Waals surface area (Å²) in [7, 11) is 0. The molecule has 0 aromatic carbocycles. The van der Waals surface area contributed by atoms with Gasteiger partial charge in [-0.2, -0.15) is 0 Å². The van der Waals surface area contributed by atoms with Crippen LogP contribution in [-0.4, -0.2) is 15.0 Å². The lowest BCUT2D eigenvalue weighted by Crippen LogP contribution is -2.03. The Kier molecular flexibility index (Phi) is 3.31. The minimum atomic E-state index is 0.522. The molecule has 82 valence electrons. The zero-order valence-electron chi connectivity index (χ0n) is 8.81. The Balaban J connectivity index is 2.09. The van der Waals surface area contributed by atoms with Crippen LogP contribution in [0, 0.1) is 6.92 Å². The van der Waals surface area contributed by atoms with Gasteiger partial charge in [0, 0.05) is 18.9 Å². The van der Waals surface area contributed by atoms with Crippen molar-refractivity contribution in [3.63, 3.8) is 0 Å². The third kappa shape index (κ3) is 2.46. The van der Waals surface area contributed by atoms with Crippen LogP contribution in [0.4, 0.5) is 5.82 Å². The Morgan fingerprint density at radius 1 is 1.31 bits per heavy atom. The van der Waals surface area contributed by atoms with E-state index < -0.39 is 0 Å². The molecule has 0 radical (unpaired) electrons. The highest BCUT2D eigenvalue weighted by molar-refractivity contribution is 6.32. The third-order valence-corrected chi connectivity index (χ3v) is 2.53. The van der Waals surface area contributed by atoms with Crippen LogP contribution in [0.25, 0.3) is 0 Å². The smallest absolute Gasteiger partial charge is 0.148 e. The van der Waals surface area contributed by atoms with E-state index in [1.54, 1.807) is 12.4 Å². The van der Waals surface area contributed by atoms with Crippen LogP contribution in [0.2, 0.25) is 5.02 Å². The van der Waals surface area contributed by atoms with Gasteiger partial charge >= 0.3 is 0 Å². The quantitative estimate of drug-likeness (QED) is 0.886. The molecule has 2 heterocycles. The molecule has 0 bridgehead atoms. The second kappa shape index (κ2) is 4.90. The van der Waals surface area contributed by atoms with Crippen molar-refractivity contribution in [2.45, 2.75) is 13.5 Å². The minimum Gasteiger partial charge on any atom is -0.365 e. The van der Waals surface area contributed by atoms with E-state index >= 15 is 0 Å². The summed E-state index contributed by atoms with van der Waals surface area (Å²) in [6.07, 6.45) is 6.63. The molecule has 0 saturated heterocycles. The Morgan fingerprint density at radius 2 is 2.19 bits per heavy atom. The van der Waals surface area contributed by atoms with Crippen molar-refractivity contribution in [2.24, 2.45) is 0 Å². The number of hydrogen-bond donors (Lipinski definition) is 1. The molecule has 16 heavy (non-hydrogen) atoms. The van der Waals surface area contributed by atoms with Gasteiger partial charge in [-0.15, -0.1) is 0 Å². The summed E-state index contributed by atoms with van der Waals surface area (Å²) in [4.78, 5) is 11.9. The first-order valence-corrected chi connectivity index (χ1v) is 5.24. The van der Waals surface area contributed by atoms with Gasteiger partial charge in [0.15, 0.2) is 0 Å². The fourth-order valence-electron chi connectivity index (χ4n) is 1.32. The summed E-state index contributed by atoms with van der Waals surface area (Å²) in [6.45, 7) is 2.69. The molecular formula is C11H11ClN4. The number of aryl methyl sites for hydroxylation is 1. The van der Waals surface area contributed by atoms with Crippen LogP contribution in [-0.2, 0) is 6.54 Å². The number of rotatable bonds is 3. The number of anilines is 1. The molecule has 2 aromatic rings. The van der Waals surface area contributed by atoms with E-state index in [1.165, 1.54) is 11.9 Å². The van der Waals surface area contributed by atoms with E-state index in [0.717, 1.165) is 5.56 Å². The van der Waals surface area contributed by atoms with Crippen molar-refractivity contribution in [2.75, 3.05) is 5.32 Å². The van der Waals surface area contributed by atoms with Gasteiger partial charge in [0.05, 0.1) is 6.20 Å². The maximum Gasteiger partial charge on any atom is 0.148 e. The van der Waals surface area contributed by atoms with Crippen molar-refractivity contribution >= 4 is 17.4 Å². The normalized spacial score (nSPS) is 10.1. The second-order valence-electron chi connectivity index (χ2n) is 3.37. The van der Waals surface area contributed by atoms with Gasteiger partial charge in [0.1, 0.15) is 17.2 Å². The molecule has 5 heteroatoms. The van der Waals surface area contributed by atoms with Crippen molar-refractivity contribution in [1.29, 1.82) is 0 Å². The molecule has 2 aromatic heterocycles. The Morgan fingerprint density at radius 3 is 2.94 bits per heavy atom. The fourth-order valence-corrected chi connectivity index (χ4v) is 1.49. The second-order valence-corrected chi connectivity index (χ2v) is 3.78. The minimum absolute atomic E-state index is 0.522. The molecule has 4 nitrogen and oxygen atoms in total. The van der Waals surface area contributed by atoms with Crippen LogP contribution < -0.4 is 5.32 Å². The van der Waals surface area contributed by atoms with Crippen molar-refractivity contribution in [3.05, 3.63) is 47.1 Å². The van der Waals surface area contributed by atoms with Gasteiger partial charge in [-0.05, 0) is 24.1 Å². The molecule has 0 unspecified atom stereocenters. The van der Waals surface area contributed by atoms with E-state index in [-0.39, 0.29) is 0 Å². The zero-order valence-corrected chi connectivity index (χ0v) is 9.57. The van der Waals surface area contributed by atoms with Gasteiger partial charge in [-0.1, -0.05) is 11.6 Å². The summed E-state index contributed by atoms with van der Waals surface area (Å²) < 4.78 is 0. The number of aromatic nitrogens is 3. The number of halogens is 1. The summed E-state index contributed by atoms with van der Waals surface area (Å²) in [5.74, 6) is 0.646. The number of hydrogen-bond acceptors (Lipinski definition) is 4. The highest BCUT2D eigenvalue weighted by Gasteiger charge is 2.02. The van der Waals surface area contributed by atoms with Crippen LogP contribution in [0.1, 0.15) is 11.1 Å². The Labute approximate surface area is 98.7 Å². The molecule has 0 aliphatic rings. The highest BCUT2D eigenvalue weighted by atomic mass is 35.5. The fraction of sp³-hybridized carbons (Fsp3) is 0.182. The maximum absolute atomic E-state index is 5.93. The van der Waals surface area contributed by atoms with Crippen LogP contribution in [0.15, 0.2) is 31.0 Å². The SMILES string of the molecule is Cc1cnccc1CNc1ncncc1Cl. The van der Waals surface area contributed by atoms with Crippen LogP contribution >= 0.6 is 11.6 Å². The van der Waals surface area contributed by atoms with E-state index in [0.29, 0.717) is 17.4 Å². The summed E-state index contributed by atoms with van der Waals surface area (Å²) in [5, 5.41) is 3.68. The molecule has 0 amide bonds. The molecular weight excluding hydrogens is 224 g/mol. The van der Waals surface area contributed by atoms with Gasteiger partial charge < -0.3 is 5.32 Å². The van der Waals surface area contributed by atoms with E-state index in [4.69, 9.17) is 11.6 Å². The third-order valence-electron chi connectivity index (χ3n) is 2.25. The lowest BCUT2D eigenvalue weighted by atomic mass is 10.1. The number of nitrogens with one attached hydrogen (secondary N) is 1. The summed E-state index contributed by atoms with van der Waals surface area (Å²) >= 11 is 5.93. The molecule has 0 aliphatic carbocycles. The molecule has 1 N–H and O–H groups in total. The lowest BCUT2D eigenvalue weighted by molar-refractivity contribution is 1.05. The lowest BCUT2D eigenvalue weighted by Gasteiger charge is -2.08. The van der Waals surface area contributed by atoms with Crippen molar-refractivity contribution in [3.8, 4) is 0 Å². The van der Waals surface area contributed by atoms with E-state index in [9.17, 15) is 0 Å². The average molecular weight is 235 g/mol. The van der Waals surface area contributed by atoms with Crippen molar-refractivity contribution < 1.29 is 0 Å². The number of pyridine rings is 1. The van der Waals surface area contributed by atoms with E-state index in [2.05, 4.69) is 20.3 Å². The van der Waals surface area contributed by atoms with Crippen molar-refractivity contribution in [1.82, 2.24) is 15.0 Å². The summed E-state index contributed by atoms with van der Waals surface area (Å²) in [5.41, 5.74) is 2.31. The first-order chi connectivity index (χ1) is 7.77. The molecule has 0 spiro atoms. The van der Waals surface area contributed by atoms with Crippen LogP contribution in [0.5, 0.6) is 0 Å². The molecule has 2 rings (SSSR count). The predicted octanol–water partition coefficient (Wildman–Crippen LogP) is 2.45. The molecule has 0 atom stereocenters. The largest absolute Gasteiger partial charge is 0.365 e. The number of nitrogens with zero attached hydrogens (tertiary/aromatic N) is 3. The summed E-state index contributed by atoms with van der Waals surface area (Å²) in [6, 6.07) is 1.97. The Hall–Kier alpha value is -1.68. The molecule has 0 fully saturated rings. The van der Waals surface area contributed by atoms with Crippen LogP contribution in [0.3, 0.4) is 0 Å². The van der Waals surface area contributed by atoms with E-state index in [1.807, 2.05) is 19.2 Å². The van der Waals surface area contributed by atoms with Gasteiger partial charge in [0.2, 0.25) is 0 Å². The molecule has 0 aliphatic heterocycles. The molecule has 0 saturated carbocycles. The standard InChI is InChI=1S/C11H11ClN4/c1-8-4-13-3-2-9(8)5-15-11-10(12)6-14-7-16-11/h2-4,6-7H,5H2,1H3,(H,14,15,16).